The van der Waals surface area contributed by atoms with E-state index in [2.05, 4.69) is 152 Å². The van der Waals surface area contributed by atoms with E-state index in [0.717, 1.165) is 0 Å². The van der Waals surface area contributed by atoms with Crippen LogP contribution in [0.1, 0.15) is 16.7 Å². The summed E-state index contributed by atoms with van der Waals surface area (Å²) >= 11 is 0. The van der Waals surface area contributed by atoms with Gasteiger partial charge < -0.3 is 0 Å². The Morgan fingerprint density at radius 1 is 0.333 bits per heavy atom. The van der Waals surface area contributed by atoms with E-state index < -0.39 is 8.80 Å². The fraction of sp³-hybridized carbons (Fsp3) is 0.0323. The van der Waals surface area contributed by atoms with Gasteiger partial charge in [0.2, 0.25) is 0 Å². The normalized spacial score (nSPS) is 11.1. The first kappa shape index (κ1) is 23.3. The van der Waals surface area contributed by atoms with Crippen LogP contribution in [-0.4, -0.2) is 32.7 Å². The van der Waals surface area contributed by atoms with Gasteiger partial charge in [-0.3, -0.25) is 0 Å². The van der Waals surface area contributed by atoms with Crippen LogP contribution in [0.5, 0.6) is 0 Å². The average molecular weight is 547 g/mol. The third kappa shape index (κ3) is 4.48. The van der Waals surface area contributed by atoms with E-state index in [4.69, 9.17) is 0 Å². The molecule has 5 rings (SSSR count). The van der Waals surface area contributed by atoms with Gasteiger partial charge in [-0.15, -0.1) is 0 Å². The second-order valence-electron chi connectivity index (χ2n) is 7.96. The summed E-state index contributed by atoms with van der Waals surface area (Å²) in [6.45, 7) is 0. The van der Waals surface area contributed by atoms with Crippen molar-refractivity contribution in [3.63, 3.8) is 0 Å². The van der Waals surface area contributed by atoms with Crippen molar-refractivity contribution >= 4 is 43.1 Å². The Morgan fingerprint density at radius 3 is 0.848 bits per heavy atom. The molecule has 33 heavy (non-hydrogen) atoms. The van der Waals surface area contributed by atoms with E-state index in [9.17, 15) is 0 Å². The van der Waals surface area contributed by atoms with Gasteiger partial charge in [-0.25, -0.2) is 0 Å². The molecule has 0 N–H and O–H groups in total. The summed E-state index contributed by atoms with van der Waals surface area (Å²) in [5.74, 6) is 0. The molecule has 2 radical (unpaired) electrons. The first-order chi connectivity index (χ1) is 15.9. The molecular formula is C31H28SiSn. The Bertz CT molecular complexity index is 1110. The molecular weight excluding hydrogens is 519 g/mol. The average Bonchev–Trinajstić information content (AvgIpc) is 2.90. The van der Waals surface area contributed by atoms with Gasteiger partial charge in [0.15, 0.2) is 0 Å². The minimum atomic E-state index is -1.35. The molecule has 0 nitrogen and oxygen atoms in total. The van der Waals surface area contributed by atoms with E-state index in [0.29, 0.717) is 0 Å². The van der Waals surface area contributed by atoms with Crippen LogP contribution in [0.3, 0.4) is 0 Å². The van der Waals surface area contributed by atoms with E-state index in [-0.39, 0.29) is 28.9 Å². The van der Waals surface area contributed by atoms with Gasteiger partial charge in [0.25, 0.3) is 0 Å². The number of rotatable bonds is 6. The summed E-state index contributed by atoms with van der Waals surface area (Å²) in [4.78, 5) is 0. The number of hydrogen-bond donors (Lipinski definition) is 0. The molecule has 0 saturated carbocycles. The SMILES string of the molecule is [SnH3].c1ccc([Si](c2ccccc2)C(c2ccccc2)(c2ccccc2)c2ccccc2)cc1. The van der Waals surface area contributed by atoms with Crippen LogP contribution in [0.25, 0.3) is 0 Å². The van der Waals surface area contributed by atoms with E-state index in [1.807, 2.05) is 0 Å². The van der Waals surface area contributed by atoms with Gasteiger partial charge in [-0.1, -0.05) is 162 Å². The zero-order valence-electron chi connectivity index (χ0n) is 18.9. The quantitative estimate of drug-likeness (QED) is 0.214. The summed E-state index contributed by atoms with van der Waals surface area (Å²) in [7, 11) is -1.35. The molecule has 0 aliphatic carbocycles. The van der Waals surface area contributed by atoms with Gasteiger partial charge >= 0.3 is 23.9 Å². The van der Waals surface area contributed by atoms with Crippen molar-refractivity contribution in [2.45, 2.75) is 5.04 Å². The van der Waals surface area contributed by atoms with Gasteiger partial charge in [-0.05, 0) is 16.7 Å². The van der Waals surface area contributed by atoms with Gasteiger partial charge in [-0.2, -0.15) is 0 Å². The molecule has 0 aromatic heterocycles. The van der Waals surface area contributed by atoms with E-state index in [1.54, 1.807) is 0 Å². The summed E-state index contributed by atoms with van der Waals surface area (Å²) in [6, 6.07) is 55.4. The zero-order chi connectivity index (χ0) is 21.6. The molecule has 0 aliphatic heterocycles. The third-order valence-electron chi connectivity index (χ3n) is 6.12. The van der Waals surface area contributed by atoms with Crippen LogP contribution in [0.15, 0.2) is 152 Å². The Morgan fingerprint density at radius 2 is 0.576 bits per heavy atom. The molecule has 0 heterocycles. The molecule has 160 valence electrons. The Hall–Kier alpha value is -2.88. The smallest absolute Gasteiger partial charge is 0.0628 e. The van der Waals surface area contributed by atoms with Crippen molar-refractivity contribution in [3.8, 4) is 0 Å². The van der Waals surface area contributed by atoms with Crippen molar-refractivity contribution in [1.29, 1.82) is 0 Å². The minimum Gasteiger partial charge on any atom is -0.0628 e. The molecule has 0 bridgehead atoms. The maximum Gasteiger partial charge on any atom is 0.142 e. The molecule has 0 spiro atoms. The topological polar surface area (TPSA) is 0 Å². The van der Waals surface area contributed by atoms with Crippen LogP contribution < -0.4 is 10.4 Å². The molecule has 0 saturated heterocycles. The summed E-state index contributed by atoms with van der Waals surface area (Å²) in [5, 5.41) is 2.51. The Labute approximate surface area is 215 Å². The second-order valence-corrected chi connectivity index (χ2v) is 10.6. The predicted molar refractivity (Wildman–Crippen MR) is 147 cm³/mol. The Balaban J connectivity index is 0.00000259. The maximum absolute atomic E-state index is 2.31. The first-order valence-corrected chi connectivity index (χ1v) is 12.6. The van der Waals surface area contributed by atoms with Crippen molar-refractivity contribution in [1.82, 2.24) is 0 Å². The Kier molecular flexibility index (Phi) is 7.63. The third-order valence-corrected chi connectivity index (χ3v) is 9.56. The minimum absolute atomic E-state index is 0. The fourth-order valence-corrected chi connectivity index (χ4v) is 8.42. The van der Waals surface area contributed by atoms with Gasteiger partial charge in [0.1, 0.15) is 8.80 Å². The van der Waals surface area contributed by atoms with Crippen molar-refractivity contribution < 1.29 is 0 Å². The summed E-state index contributed by atoms with van der Waals surface area (Å²) < 4.78 is 0. The zero-order valence-corrected chi connectivity index (χ0v) is 25.6. The number of benzene rings is 5. The first-order valence-electron chi connectivity index (χ1n) is 11.1. The van der Waals surface area contributed by atoms with Gasteiger partial charge in [0.05, 0.1) is 0 Å². The van der Waals surface area contributed by atoms with Crippen molar-refractivity contribution in [2.75, 3.05) is 0 Å². The monoisotopic (exact) mass is 548 g/mol. The second kappa shape index (κ2) is 10.8. The van der Waals surface area contributed by atoms with Crippen LogP contribution in [-0.2, 0) is 5.04 Å². The fourth-order valence-electron chi connectivity index (χ4n) is 4.81. The van der Waals surface area contributed by atoms with Crippen LogP contribution in [0, 0.1) is 0 Å². The van der Waals surface area contributed by atoms with Crippen molar-refractivity contribution in [2.24, 2.45) is 0 Å². The van der Waals surface area contributed by atoms with Crippen molar-refractivity contribution in [3.05, 3.63) is 168 Å². The molecule has 5 aromatic carbocycles. The molecule has 0 fully saturated rings. The molecule has 0 unspecified atom stereocenters. The molecule has 5 aromatic rings. The molecule has 0 atom stereocenters. The standard InChI is InChI=1S/C31H25Si.Sn.3H/c1-6-16-26(17-7-1)31(27-18-8-2-9-19-27,28-20-10-3-11-21-28)32(29-22-12-4-13-23-29)30-24-14-5-15-25-30;;;;/h1-25H;;;;. The van der Waals surface area contributed by atoms with Crippen LogP contribution in [0.2, 0.25) is 0 Å². The number of hydrogen-bond acceptors (Lipinski definition) is 0. The van der Waals surface area contributed by atoms with E-state index >= 15 is 0 Å². The largest absolute Gasteiger partial charge is 0.142 e. The molecule has 0 amide bonds. The summed E-state index contributed by atoms with van der Waals surface area (Å²) in [6.07, 6.45) is 0. The van der Waals surface area contributed by atoms with E-state index in [1.165, 1.54) is 27.1 Å². The van der Waals surface area contributed by atoms with Crippen LogP contribution in [0.4, 0.5) is 0 Å². The molecule has 0 aliphatic rings. The maximum atomic E-state index is 2.31. The van der Waals surface area contributed by atoms with Gasteiger partial charge in [0, 0.05) is 5.04 Å². The summed E-state index contributed by atoms with van der Waals surface area (Å²) in [5.41, 5.74) is 4.00. The van der Waals surface area contributed by atoms with Crippen LogP contribution >= 0.6 is 0 Å². The molecule has 2 heteroatoms. The predicted octanol–water partition coefficient (Wildman–Crippen LogP) is 4.69.